The second kappa shape index (κ2) is 5.14. The van der Waals surface area contributed by atoms with Crippen LogP contribution in [-0.2, 0) is 0 Å². The zero-order valence-corrected chi connectivity index (χ0v) is 9.98. The lowest BCUT2D eigenvalue weighted by atomic mass is 9.74. The summed E-state index contributed by atoms with van der Waals surface area (Å²) in [6, 6.07) is 0. The Balaban J connectivity index is 2.52. The molecule has 0 amide bonds. The number of alkyl halides is 1. The van der Waals surface area contributed by atoms with E-state index >= 15 is 0 Å². The molecule has 1 saturated carbocycles. The normalized spacial score (nSPS) is 22.9. The Morgan fingerprint density at radius 1 is 1.14 bits per heavy atom. The van der Waals surface area contributed by atoms with Crippen LogP contribution < -0.4 is 0 Å². The molecule has 0 aliphatic heterocycles. The average molecular weight is 200 g/mol. The van der Waals surface area contributed by atoms with E-state index in [1.807, 2.05) is 6.92 Å². The maximum absolute atomic E-state index is 13.5. The van der Waals surface area contributed by atoms with Crippen molar-refractivity contribution >= 4 is 0 Å². The fraction of sp³-hybridized carbons (Fsp3) is 1.00. The zero-order chi connectivity index (χ0) is 10.6. The minimum Gasteiger partial charge on any atom is -0.247 e. The minimum atomic E-state index is -0.563. The predicted molar refractivity (Wildman–Crippen MR) is 60.2 cm³/mol. The summed E-state index contributed by atoms with van der Waals surface area (Å²) in [5.41, 5.74) is 0.365. The third-order valence-electron chi connectivity index (χ3n) is 3.60. The Morgan fingerprint density at radius 3 is 2.14 bits per heavy atom. The molecule has 0 saturated heterocycles. The van der Waals surface area contributed by atoms with Gasteiger partial charge in [0.2, 0.25) is 0 Å². The molecule has 1 heteroatoms. The van der Waals surface area contributed by atoms with Crippen molar-refractivity contribution in [3.8, 4) is 0 Å². The molecule has 0 bridgehead atoms. The van der Waals surface area contributed by atoms with Crippen molar-refractivity contribution in [3.63, 3.8) is 0 Å². The van der Waals surface area contributed by atoms with E-state index in [1.54, 1.807) is 0 Å². The molecule has 1 aliphatic carbocycles. The number of rotatable bonds is 5. The topological polar surface area (TPSA) is 0 Å². The molecule has 0 aromatic rings. The fourth-order valence-electron chi connectivity index (χ4n) is 3.10. The molecule has 0 aromatic heterocycles. The van der Waals surface area contributed by atoms with E-state index in [4.69, 9.17) is 0 Å². The highest BCUT2D eigenvalue weighted by atomic mass is 19.1. The number of hydrogen-bond acceptors (Lipinski definition) is 0. The van der Waals surface area contributed by atoms with Crippen LogP contribution in [0.5, 0.6) is 0 Å². The lowest BCUT2D eigenvalue weighted by Crippen LogP contribution is -2.23. The molecular formula is C13H25F. The monoisotopic (exact) mass is 200 g/mol. The fourth-order valence-corrected chi connectivity index (χ4v) is 3.10. The van der Waals surface area contributed by atoms with Crippen molar-refractivity contribution in [1.82, 2.24) is 0 Å². The second-order valence-electron chi connectivity index (χ2n) is 5.51. The van der Waals surface area contributed by atoms with Gasteiger partial charge in [-0.3, -0.25) is 0 Å². The van der Waals surface area contributed by atoms with Crippen LogP contribution in [0.25, 0.3) is 0 Å². The molecule has 0 radical (unpaired) electrons. The Bertz CT molecular complexity index is 157. The number of hydrogen-bond donors (Lipinski definition) is 0. The molecule has 0 heterocycles. The van der Waals surface area contributed by atoms with Crippen LogP contribution in [0.2, 0.25) is 0 Å². The van der Waals surface area contributed by atoms with Gasteiger partial charge in [-0.05, 0) is 43.4 Å². The van der Waals surface area contributed by atoms with Crippen molar-refractivity contribution in [2.75, 3.05) is 0 Å². The van der Waals surface area contributed by atoms with E-state index in [1.165, 1.54) is 32.1 Å². The summed E-state index contributed by atoms with van der Waals surface area (Å²) in [6.45, 7) is 6.49. The molecule has 84 valence electrons. The highest BCUT2D eigenvalue weighted by molar-refractivity contribution is 4.87. The maximum Gasteiger partial charge on any atom is 0.100 e. The van der Waals surface area contributed by atoms with E-state index in [0.29, 0.717) is 11.8 Å². The summed E-state index contributed by atoms with van der Waals surface area (Å²) in [7, 11) is 0. The van der Waals surface area contributed by atoms with E-state index in [9.17, 15) is 4.39 Å². The Morgan fingerprint density at radius 2 is 1.71 bits per heavy atom. The highest BCUT2D eigenvalue weighted by Gasteiger charge is 2.36. The van der Waals surface area contributed by atoms with Gasteiger partial charge in [-0.25, -0.2) is 4.39 Å². The van der Waals surface area contributed by atoms with Crippen LogP contribution in [0.15, 0.2) is 0 Å². The Hall–Kier alpha value is -0.0700. The summed E-state index contributed by atoms with van der Waals surface area (Å²) >= 11 is 0. The molecule has 14 heavy (non-hydrogen) atoms. The molecule has 1 aliphatic rings. The van der Waals surface area contributed by atoms with Crippen molar-refractivity contribution < 1.29 is 4.39 Å². The van der Waals surface area contributed by atoms with E-state index in [0.717, 1.165) is 12.3 Å². The van der Waals surface area contributed by atoms with Gasteiger partial charge in [0, 0.05) is 0 Å². The van der Waals surface area contributed by atoms with Gasteiger partial charge in [0.15, 0.2) is 0 Å². The first-order valence-corrected chi connectivity index (χ1v) is 6.22. The van der Waals surface area contributed by atoms with Gasteiger partial charge in [-0.2, -0.15) is 0 Å². The largest absolute Gasteiger partial charge is 0.247 e. The zero-order valence-electron chi connectivity index (χ0n) is 9.98. The summed E-state index contributed by atoms with van der Waals surface area (Å²) < 4.78 is 13.5. The summed E-state index contributed by atoms with van der Waals surface area (Å²) in [5, 5.41) is 0. The van der Waals surface area contributed by atoms with Gasteiger partial charge in [-0.15, -0.1) is 0 Å². The van der Waals surface area contributed by atoms with Gasteiger partial charge in [-0.1, -0.05) is 33.6 Å². The summed E-state index contributed by atoms with van der Waals surface area (Å²) in [4.78, 5) is 0. The SMILES string of the molecule is CCC(F)CC1(CC(C)C)CCCC1. The van der Waals surface area contributed by atoms with Crippen molar-refractivity contribution in [1.29, 1.82) is 0 Å². The third kappa shape index (κ3) is 3.25. The molecule has 1 unspecified atom stereocenters. The van der Waals surface area contributed by atoms with Gasteiger partial charge >= 0.3 is 0 Å². The highest BCUT2D eigenvalue weighted by Crippen LogP contribution is 2.47. The quantitative estimate of drug-likeness (QED) is 0.601. The Labute approximate surface area is 88.3 Å². The lowest BCUT2D eigenvalue weighted by Gasteiger charge is -2.32. The molecule has 0 N–H and O–H groups in total. The summed E-state index contributed by atoms with van der Waals surface area (Å²) in [5.74, 6) is 0.720. The van der Waals surface area contributed by atoms with Crippen LogP contribution in [-0.4, -0.2) is 6.17 Å². The molecule has 0 nitrogen and oxygen atoms in total. The molecule has 1 fully saturated rings. The molecule has 0 aromatic carbocycles. The Kier molecular flexibility index (Phi) is 4.40. The maximum atomic E-state index is 13.5. The van der Waals surface area contributed by atoms with Gasteiger partial charge < -0.3 is 0 Å². The molecule has 1 rings (SSSR count). The first-order chi connectivity index (χ1) is 6.58. The van der Waals surface area contributed by atoms with Crippen LogP contribution in [0.4, 0.5) is 4.39 Å². The standard InChI is InChI=1S/C13H25F/c1-4-12(14)10-13(9-11(2)3)7-5-6-8-13/h11-12H,4-10H2,1-3H3. The smallest absolute Gasteiger partial charge is 0.100 e. The number of halogens is 1. The molecule has 0 spiro atoms. The van der Waals surface area contributed by atoms with Crippen LogP contribution in [0.1, 0.15) is 65.7 Å². The molecular weight excluding hydrogens is 175 g/mol. The van der Waals surface area contributed by atoms with Gasteiger partial charge in [0.05, 0.1) is 0 Å². The lowest BCUT2D eigenvalue weighted by molar-refractivity contribution is 0.145. The van der Waals surface area contributed by atoms with Crippen LogP contribution in [0, 0.1) is 11.3 Å². The van der Waals surface area contributed by atoms with E-state index < -0.39 is 6.17 Å². The predicted octanol–water partition coefficient (Wildman–Crippen LogP) is 4.73. The minimum absolute atomic E-state index is 0.365. The van der Waals surface area contributed by atoms with Crippen molar-refractivity contribution in [3.05, 3.63) is 0 Å². The van der Waals surface area contributed by atoms with E-state index in [2.05, 4.69) is 13.8 Å². The first-order valence-electron chi connectivity index (χ1n) is 6.22. The van der Waals surface area contributed by atoms with Crippen LogP contribution in [0.3, 0.4) is 0 Å². The van der Waals surface area contributed by atoms with Crippen molar-refractivity contribution in [2.24, 2.45) is 11.3 Å². The molecule has 1 atom stereocenters. The summed E-state index contributed by atoms with van der Waals surface area (Å²) in [6.07, 6.45) is 7.37. The first kappa shape index (κ1) is 12.0. The van der Waals surface area contributed by atoms with Gasteiger partial charge in [0.25, 0.3) is 0 Å². The van der Waals surface area contributed by atoms with E-state index in [-0.39, 0.29) is 0 Å². The van der Waals surface area contributed by atoms with Crippen molar-refractivity contribution in [2.45, 2.75) is 71.9 Å². The second-order valence-corrected chi connectivity index (χ2v) is 5.51. The average Bonchev–Trinajstić information content (AvgIpc) is 2.51. The third-order valence-corrected chi connectivity index (χ3v) is 3.60. The van der Waals surface area contributed by atoms with Crippen LogP contribution >= 0.6 is 0 Å². The van der Waals surface area contributed by atoms with Gasteiger partial charge in [0.1, 0.15) is 6.17 Å².